The van der Waals surface area contributed by atoms with Gasteiger partial charge in [-0.15, -0.1) is 16.7 Å². The van der Waals surface area contributed by atoms with Gasteiger partial charge < -0.3 is 4.74 Å². The number of rotatable bonds is 6. The second-order valence-electron chi connectivity index (χ2n) is 3.18. The Hall–Kier alpha value is -0.610. The molecule has 14 heavy (non-hydrogen) atoms. The van der Waals surface area contributed by atoms with Gasteiger partial charge in [0.2, 0.25) is 0 Å². The van der Waals surface area contributed by atoms with Crippen LogP contribution in [0.1, 0.15) is 24.2 Å². The summed E-state index contributed by atoms with van der Waals surface area (Å²) in [5, 5.41) is 8.01. The summed E-state index contributed by atoms with van der Waals surface area (Å²) in [6, 6.07) is 0. The van der Waals surface area contributed by atoms with Crippen LogP contribution in [0.3, 0.4) is 0 Å². The van der Waals surface area contributed by atoms with Crippen molar-refractivity contribution in [1.29, 1.82) is 0 Å². The molecule has 1 aromatic rings. The Morgan fingerprint density at radius 3 is 2.79 bits per heavy atom. The Balaban J connectivity index is 2.39. The van der Waals surface area contributed by atoms with Gasteiger partial charge in [-0.2, -0.15) is 0 Å². The van der Waals surface area contributed by atoms with Gasteiger partial charge in [-0.25, -0.2) is 4.68 Å². The number of ether oxygens (including phenoxy) is 1. The number of hydrogen-bond donors (Lipinski definition) is 0. The lowest BCUT2D eigenvalue weighted by atomic mass is 10.3. The highest BCUT2D eigenvalue weighted by Crippen LogP contribution is 2.07. The number of aromatic nitrogens is 3. The minimum absolute atomic E-state index is 0.434. The van der Waals surface area contributed by atoms with Crippen LogP contribution in [0, 0.1) is 6.92 Å². The molecule has 0 atom stereocenters. The van der Waals surface area contributed by atoms with E-state index in [9.17, 15) is 0 Å². The van der Waals surface area contributed by atoms with Crippen LogP contribution in [0.15, 0.2) is 0 Å². The van der Waals surface area contributed by atoms with Gasteiger partial charge >= 0.3 is 0 Å². The number of methoxy groups -OCH3 is 1. The molecule has 0 aliphatic carbocycles. The molecule has 0 aromatic carbocycles. The molecule has 0 N–H and O–H groups in total. The molecule has 80 valence electrons. The monoisotopic (exact) mass is 217 g/mol. The summed E-state index contributed by atoms with van der Waals surface area (Å²) < 4.78 is 6.87. The maximum Gasteiger partial charge on any atom is 0.100 e. The highest BCUT2D eigenvalue weighted by atomic mass is 35.5. The van der Waals surface area contributed by atoms with E-state index in [1.807, 2.05) is 11.6 Å². The molecule has 1 heterocycles. The van der Waals surface area contributed by atoms with Crippen molar-refractivity contribution in [3.8, 4) is 0 Å². The molecule has 0 bridgehead atoms. The molecule has 0 unspecified atom stereocenters. The summed E-state index contributed by atoms with van der Waals surface area (Å²) in [5.74, 6) is 0.434. The predicted octanol–water partition coefficient (Wildman–Crippen LogP) is 1.75. The van der Waals surface area contributed by atoms with E-state index in [0.717, 1.165) is 37.4 Å². The Labute approximate surface area is 89.2 Å². The van der Waals surface area contributed by atoms with E-state index in [1.54, 1.807) is 7.11 Å². The summed E-state index contributed by atoms with van der Waals surface area (Å²) in [7, 11) is 1.71. The third-order valence-electron chi connectivity index (χ3n) is 2.17. The fourth-order valence-electron chi connectivity index (χ4n) is 1.24. The van der Waals surface area contributed by atoms with E-state index in [0.29, 0.717) is 5.88 Å². The van der Waals surface area contributed by atoms with Crippen molar-refractivity contribution in [2.24, 2.45) is 0 Å². The third-order valence-corrected chi connectivity index (χ3v) is 2.43. The van der Waals surface area contributed by atoms with Gasteiger partial charge in [0.25, 0.3) is 0 Å². The molecule has 0 fully saturated rings. The zero-order valence-electron chi connectivity index (χ0n) is 8.66. The van der Waals surface area contributed by atoms with Crippen molar-refractivity contribution in [2.45, 2.75) is 32.2 Å². The lowest BCUT2D eigenvalue weighted by Gasteiger charge is -2.02. The summed E-state index contributed by atoms with van der Waals surface area (Å²) >= 11 is 5.69. The second kappa shape index (κ2) is 5.98. The number of nitrogens with zero attached hydrogens (tertiary/aromatic N) is 3. The smallest absolute Gasteiger partial charge is 0.100 e. The van der Waals surface area contributed by atoms with Crippen LogP contribution in [0.25, 0.3) is 0 Å². The summed E-state index contributed by atoms with van der Waals surface area (Å²) in [5.41, 5.74) is 1.94. The van der Waals surface area contributed by atoms with Gasteiger partial charge in [0.1, 0.15) is 5.69 Å². The molecule has 1 rings (SSSR count). The fraction of sp³-hybridized carbons (Fsp3) is 0.778. The molecule has 0 saturated carbocycles. The first-order valence-electron chi connectivity index (χ1n) is 4.73. The third kappa shape index (κ3) is 2.96. The highest BCUT2D eigenvalue weighted by molar-refractivity contribution is 6.16. The quantitative estimate of drug-likeness (QED) is 0.539. The number of unbranched alkanes of at least 4 members (excludes halogenated alkanes) is 1. The largest absolute Gasteiger partial charge is 0.385 e. The topological polar surface area (TPSA) is 39.9 Å². The molecule has 0 amide bonds. The molecular weight excluding hydrogens is 202 g/mol. The van der Waals surface area contributed by atoms with E-state index in [4.69, 9.17) is 16.3 Å². The van der Waals surface area contributed by atoms with Crippen LogP contribution in [-0.4, -0.2) is 28.7 Å². The highest BCUT2D eigenvalue weighted by Gasteiger charge is 2.05. The molecule has 0 aliphatic rings. The molecule has 0 saturated heterocycles. The van der Waals surface area contributed by atoms with Gasteiger partial charge in [0.05, 0.1) is 11.6 Å². The molecule has 4 nitrogen and oxygen atoms in total. The van der Waals surface area contributed by atoms with E-state index in [-0.39, 0.29) is 0 Å². The normalized spacial score (nSPS) is 10.8. The SMILES string of the molecule is COCCCCn1nnc(CCl)c1C. The standard InChI is InChI=1S/C9H16ClN3O/c1-8-9(7-10)11-12-13(8)5-3-4-6-14-2/h3-7H2,1-2H3. The summed E-state index contributed by atoms with van der Waals surface area (Å²) in [6.07, 6.45) is 2.10. The average Bonchev–Trinajstić information content (AvgIpc) is 2.55. The van der Waals surface area contributed by atoms with Crippen LogP contribution >= 0.6 is 11.6 Å². The lowest BCUT2D eigenvalue weighted by Crippen LogP contribution is -2.04. The van der Waals surface area contributed by atoms with Gasteiger partial charge in [-0.1, -0.05) is 5.21 Å². The first-order chi connectivity index (χ1) is 6.79. The maximum atomic E-state index is 5.69. The van der Waals surface area contributed by atoms with Gasteiger partial charge in [-0.3, -0.25) is 0 Å². The number of halogens is 1. The minimum atomic E-state index is 0.434. The second-order valence-corrected chi connectivity index (χ2v) is 3.45. The molecule has 0 radical (unpaired) electrons. The first-order valence-corrected chi connectivity index (χ1v) is 5.27. The van der Waals surface area contributed by atoms with E-state index < -0.39 is 0 Å². The van der Waals surface area contributed by atoms with Crippen molar-refractivity contribution in [3.05, 3.63) is 11.4 Å². The Bertz CT molecular complexity index is 275. The van der Waals surface area contributed by atoms with Crippen LogP contribution in [0.4, 0.5) is 0 Å². The Kier molecular flexibility index (Phi) is 4.90. The Morgan fingerprint density at radius 1 is 1.43 bits per heavy atom. The molecule has 0 aliphatic heterocycles. The first kappa shape index (κ1) is 11.5. The van der Waals surface area contributed by atoms with Crippen molar-refractivity contribution < 1.29 is 4.74 Å². The zero-order valence-corrected chi connectivity index (χ0v) is 9.42. The van der Waals surface area contributed by atoms with Crippen molar-refractivity contribution in [3.63, 3.8) is 0 Å². The van der Waals surface area contributed by atoms with Crippen molar-refractivity contribution in [1.82, 2.24) is 15.0 Å². The number of alkyl halides is 1. The van der Waals surface area contributed by atoms with Crippen LogP contribution in [0.2, 0.25) is 0 Å². The number of aryl methyl sites for hydroxylation is 1. The van der Waals surface area contributed by atoms with Crippen molar-refractivity contribution >= 4 is 11.6 Å². The van der Waals surface area contributed by atoms with Gasteiger partial charge in [0, 0.05) is 20.3 Å². The fourth-order valence-corrected chi connectivity index (χ4v) is 1.49. The number of hydrogen-bond acceptors (Lipinski definition) is 3. The Morgan fingerprint density at radius 2 is 2.21 bits per heavy atom. The zero-order chi connectivity index (χ0) is 10.4. The molecular formula is C9H16ClN3O. The predicted molar refractivity (Wildman–Crippen MR) is 55.4 cm³/mol. The van der Waals surface area contributed by atoms with E-state index >= 15 is 0 Å². The van der Waals surface area contributed by atoms with Gasteiger partial charge in [0.15, 0.2) is 0 Å². The minimum Gasteiger partial charge on any atom is -0.385 e. The molecule has 0 spiro atoms. The maximum absolute atomic E-state index is 5.69. The molecule has 5 heteroatoms. The summed E-state index contributed by atoms with van der Waals surface area (Å²) in [4.78, 5) is 0. The van der Waals surface area contributed by atoms with Crippen LogP contribution in [0.5, 0.6) is 0 Å². The van der Waals surface area contributed by atoms with Gasteiger partial charge in [-0.05, 0) is 19.8 Å². The summed E-state index contributed by atoms with van der Waals surface area (Å²) in [6.45, 7) is 3.68. The van der Waals surface area contributed by atoms with Crippen molar-refractivity contribution in [2.75, 3.05) is 13.7 Å². The average molecular weight is 218 g/mol. The van der Waals surface area contributed by atoms with E-state index in [2.05, 4.69) is 10.3 Å². The lowest BCUT2D eigenvalue weighted by molar-refractivity contribution is 0.190. The van der Waals surface area contributed by atoms with Crippen LogP contribution < -0.4 is 0 Å². The molecule has 1 aromatic heterocycles. The van der Waals surface area contributed by atoms with E-state index in [1.165, 1.54) is 0 Å². The van der Waals surface area contributed by atoms with Crippen LogP contribution in [-0.2, 0) is 17.2 Å².